The van der Waals surface area contributed by atoms with Crippen molar-refractivity contribution in [2.75, 3.05) is 11.5 Å². The third-order valence-corrected chi connectivity index (χ3v) is 8.19. The number of ether oxygens (including phenoxy) is 1. The van der Waals surface area contributed by atoms with Gasteiger partial charge >= 0.3 is 0 Å². The summed E-state index contributed by atoms with van der Waals surface area (Å²) in [6.45, 7) is 2.83. The van der Waals surface area contributed by atoms with Crippen molar-refractivity contribution in [3.05, 3.63) is 96.1 Å². The Kier molecular flexibility index (Phi) is 8.96. The number of nitrogens with one attached hydrogen (secondary N) is 1. The van der Waals surface area contributed by atoms with Crippen LogP contribution in [0.5, 0.6) is 5.75 Å². The molecule has 0 aliphatic carbocycles. The standard InChI is InChI=1S/C32H34N4O3S/c1-2-3-4-11-20-39-26-18-16-25(17-19-26)35-30(37)22-29(31(35)38)40-32(33)36-28(24-14-9-6-10-15-24)21-27(34-36)23-12-7-5-8-13-23/h5-10,12-19,28-29,33H,2-4,11,20-22H2,1H3/t28-,29+/m0/s1. The summed E-state index contributed by atoms with van der Waals surface area (Å²) in [5.41, 5.74) is 3.47. The van der Waals surface area contributed by atoms with E-state index in [0.29, 0.717) is 18.7 Å². The van der Waals surface area contributed by atoms with E-state index in [2.05, 4.69) is 6.92 Å². The Morgan fingerprint density at radius 3 is 2.33 bits per heavy atom. The maximum absolute atomic E-state index is 13.4. The van der Waals surface area contributed by atoms with Gasteiger partial charge in [-0.2, -0.15) is 5.10 Å². The van der Waals surface area contributed by atoms with E-state index < -0.39 is 5.25 Å². The van der Waals surface area contributed by atoms with Crippen LogP contribution in [0.15, 0.2) is 90.0 Å². The summed E-state index contributed by atoms with van der Waals surface area (Å²) in [6.07, 6.45) is 5.21. The highest BCUT2D eigenvalue weighted by atomic mass is 32.2. The summed E-state index contributed by atoms with van der Waals surface area (Å²) >= 11 is 1.10. The molecular formula is C32H34N4O3S. The zero-order valence-corrected chi connectivity index (χ0v) is 23.5. The molecule has 2 aliphatic rings. The van der Waals surface area contributed by atoms with Crippen LogP contribution < -0.4 is 9.64 Å². The summed E-state index contributed by atoms with van der Waals surface area (Å²) < 4.78 is 5.80. The topological polar surface area (TPSA) is 86.1 Å². The van der Waals surface area contributed by atoms with Crippen LogP contribution in [0.4, 0.5) is 5.69 Å². The van der Waals surface area contributed by atoms with Crippen LogP contribution in [-0.2, 0) is 9.59 Å². The zero-order valence-electron chi connectivity index (χ0n) is 22.7. The Morgan fingerprint density at radius 2 is 1.62 bits per heavy atom. The van der Waals surface area contributed by atoms with E-state index in [9.17, 15) is 9.59 Å². The van der Waals surface area contributed by atoms with Crippen molar-refractivity contribution in [1.82, 2.24) is 5.01 Å². The van der Waals surface area contributed by atoms with Gasteiger partial charge in [-0.25, -0.2) is 9.91 Å². The van der Waals surface area contributed by atoms with Crippen molar-refractivity contribution in [2.24, 2.45) is 5.10 Å². The van der Waals surface area contributed by atoms with Crippen molar-refractivity contribution < 1.29 is 14.3 Å². The van der Waals surface area contributed by atoms with Crippen LogP contribution in [0.1, 0.15) is 62.6 Å². The molecule has 0 bridgehead atoms. The highest BCUT2D eigenvalue weighted by Gasteiger charge is 2.42. The number of benzene rings is 3. The van der Waals surface area contributed by atoms with Gasteiger partial charge in [0.25, 0.3) is 0 Å². The normalized spacial score (nSPS) is 18.8. The first-order valence-electron chi connectivity index (χ1n) is 13.9. The summed E-state index contributed by atoms with van der Waals surface area (Å²) in [5, 5.41) is 14.9. The number of nitrogens with zero attached hydrogens (tertiary/aromatic N) is 3. The lowest BCUT2D eigenvalue weighted by Crippen LogP contribution is -2.32. The first kappa shape index (κ1) is 27.6. The first-order valence-corrected chi connectivity index (χ1v) is 14.7. The van der Waals surface area contributed by atoms with E-state index in [4.69, 9.17) is 15.2 Å². The summed E-state index contributed by atoms with van der Waals surface area (Å²) in [4.78, 5) is 27.5. The summed E-state index contributed by atoms with van der Waals surface area (Å²) in [7, 11) is 0. The molecule has 3 aromatic rings. The van der Waals surface area contributed by atoms with E-state index in [0.717, 1.165) is 47.2 Å². The Hall–Kier alpha value is -3.91. The van der Waals surface area contributed by atoms with E-state index >= 15 is 0 Å². The summed E-state index contributed by atoms with van der Waals surface area (Å²) in [5.74, 6) is 0.147. The lowest BCUT2D eigenvalue weighted by Gasteiger charge is -2.24. The van der Waals surface area contributed by atoms with Gasteiger partial charge in [0.05, 0.1) is 24.0 Å². The van der Waals surface area contributed by atoms with Gasteiger partial charge in [0, 0.05) is 12.8 Å². The van der Waals surface area contributed by atoms with Crippen molar-refractivity contribution in [3.63, 3.8) is 0 Å². The van der Waals surface area contributed by atoms with Crippen LogP contribution in [0.3, 0.4) is 0 Å². The van der Waals surface area contributed by atoms with Crippen LogP contribution >= 0.6 is 11.8 Å². The van der Waals surface area contributed by atoms with Gasteiger partial charge in [-0.05, 0) is 41.8 Å². The van der Waals surface area contributed by atoms with E-state index in [1.165, 1.54) is 17.7 Å². The minimum absolute atomic E-state index is 0.0423. The Labute approximate surface area is 239 Å². The third-order valence-electron chi connectivity index (χ3n) is 7.13. The molecule has 0 spiro atoms. The Bertz CT molecular complexity index is 1360. The first-order chi connectivity index (χ1) is 19.5. The van der Waals surface area contributed by atoms with E-state index in [1.54, 1.807) is 29.3 Å². The molecule has 206 valence electrons. The fraction of sp³-hybridized carbons (Fsp3) is 0.312. The molecule has 2 atom stereocenters. The number of hydrazone groups is 1. The molecule has 2 heterocycles. The van der Waals surface area contributed by atoms with Crippen molar-refractivity contribution in [3.8, 4) is 5.75 Å². The van der Waals surface area contributed by atoms with Crippen molar-refractivity contribution in [2.45, 2.75) is 56.7 Å². The second-order valence-corrected chi connectivity index (χ2v) is 11.2. The van der Waals surface area contributed by atoms with Gasteiger partial charge in [-0.1, -0.05) is 98.6 Å². The highest BCUT2D eigenvalue weighted by molar-refractivity contribution is 8.14. The number of amides is 2. The molecule has 5 rings (SSSR count). The molecule has 0 radical (unpaired) electrons. The molecule has 2 aliphatic heterocycles. The van der Waals surface area contributed by atoms with Crippen molar-refractivity contribution in [1.29, 1.82) is 5.41 Å². The molecule has 40 heavy (non-hydrogen) atoms. The average Bonchev–Trinajstić information content (AvgIpc) is 3.55. The molecule has 1 N–H and O–H groups in total. The van der Waals surface area contributed by atoms with Gasteiger partial charge in [-0.3, -0.25) is 15.0 Å². The Balaban J connectivity index is 1.26. The molecular weight excluding hydrogens is 520 g/mol. The number of imide groups is 1. The van der Waals surface area contributed by atoms with Crippen LogP contribution in [0.25, 0.3) is 0 Å². The van der Waals surface area contributed by atoms with Crippen LogP contribution in [0.2, 0.25) is 0 Å². The SMILES string of the molecule is CCCCCCOc1ccc(N2C(=O)C[C@@H](SC(=N)N3N=C(c4ccccc4)C[C@H]3c3ccccc3)C2=O)cc1. The number of hydrogen-bond acceptors (Lipinski definition) is 6. The number of carbonyl (C=O) groups excluding carboxylic acids is 2. The molecule has 1 saturated heterocycles. The van der Waals surface area contributed by atoms with Gasteiger partial charge in [0.2, 0.25) is 11.8 Å². The number of rotatable bonds is 10. The molecule has 2 amide bonds. The molecule has 0 saturated carbocycles. The summed E-state index contributed by atoms with van der Waals surface area (Å²) in [6, 6.07) is 26.9. The zero-order chi connectivity index (χ0) is 27.9. The fourth-order valence-electron chi connectivity index (χ4n) is 5.00. The molecule has 8 heteroatoms. The van der Waals surface area contributed by atoms with Gasteiger partial charge in [0.15, 0.2) is 5.17 Å². The monoisotopic (exact) mass is 554 g/mol. The van der Waals surface area contributed by atoms with E-state index in [-0.39, 0.29) is 29.4 Å². The number of thioether (sulfide) groups is 1. The largest absolute Gasteiger partial charge is 0.494 e. The van der Waals surface area contributed by atoms with Crippen LogP contribution in [-0.4, -0.2) is 39.6 Å². The predicted molar refractivity (Wildman–Crippen MR) is 161 cm³/mol. The predicted octanol–water partition coefficient (Wildman–Crippen LogP) is 6.80. The lowest BCUT2D eigenvalue weighted by molar-refractivity contribution is -0.121. The lowest BCUT2D eigenvalue weighted by atomic mass is 9.99. The molecule has 0 unspecified atom stereocenters. The van der Waals surface area contributed by atoms with Gasteiger partial charge in [-0.15, -0.1) is 0 Å². The minimum Gasteiger partial charge on any atom is -0.494 e. The number of carbonyl (C=O) groups is 2. The molecule has 3 aromatic carbocycles. The quantitative estimate of drug-likeness (QED) is 0.129. The minimum atomic E-state index is -0.679. The number of anilines is 1. The maximum atomic E-state index is 13.4. The fourth-order valence-corrected chi connectivity index (χ4v) is 5.98. The second kappa shape index (κ2) is 13.0. The second-order valence-electron chi connectivity index (χ2n) is 9.97. The number of amidine groups is 1. The van der Waals surface area contributed by atoms with Gasteiger partial charge < -0.3 is 4.74 Å². The molecule has 1 fully saturated rings. The molecule has 0 aromatic heterocycles. The number of unbranched alkanes of at least 4 members (excludes halogenated alkanes) is 3. The van der Waals surface area contributed by atoms with Crippen molar-refractivity contribution >= 4 is 40.1 Å². The van der Waals surface area contributed by atoms with Crippen LogP contribution in [0, 0.1) is 5.41 Å². The van der Waals surface area contributed by atoms with Gasteiger partial charge in [0.1, 0.15) is 11.0 Å². The Morgan fingerprint density at radius 1 is 0.925 bits per heavy atom. The highest BCUT2D eigenvalue weighted by Crippen LogP contribution is 2.38. The number of hydrogen-bond donors (Lipinski definition) is 1. The smallest absolute Gasteiger partial charge is 0.247 e. The maximum Gasteiger partial charge on any atom is 0.247 e. The third kappa shape index (κ3) is 6.28. The van der Waals surface area contributed by atoms with E-state index in [1.807, 2.05) is 60.7 Å². The average molecular weight is 555 g/mol. The molecule has 7 nitrogen and oxygen atoms in total.